The van der Waals surface area contributed by atoms with Crippen LogP contribution in [-0.4, -0.2) is 146 Å². The van der Waals surface area contributed by atoms with E-state index in [9.17, 15) is 48.3 Å². The van der Waals surface area contributed by atoms with Crippen LogP contribution in [0.15, 0.2) is 78.3 Å². The first-order chi connectivity index (χ1) is 37.3. The van der Waals surface area contributed by atoms with Crippen LogP contribution in [0.3, 0.4) is 0 Å². The van der Waals surface area contributed by atoms with Gasteiger partial charge in [-0.2, -0.15) is 25.3 Å². The van der Waals surface area contributed by atoms with Crippen LogP contribution in [0.5, 0.6) is 0 Å². The number of aromatic amines is 2. The van der Waals surface area contributed by atoms with Crippen molar-refractivity contribution in [1.29, 1.82) is 0 Å². The number of carboxylic acid groups (broad SMARTS) is 1. The molecule has 9 atom stereocenters. The Morgan fingerprint density at radius 1 is 0.628 bits per heavy atom. The molecule has 0 spiro atoms. The molecule has 2 aromatic carbocycles. The van der Waals surface area contributed by atoms with Gasteiger partial charge in [0.25, 0.3) is 0 Å². The third-order valence-corrected chi connectivity index (χ3v) is 13.5. The number of hydrogen-bond acceptors (Lipinski definition) is 13. The number of carbonyl (C=O) groups excluding carboxylic acids is 8. The number of unbranched alkanes of at least 4 members (excludes halogenated alkanes) is 1. The highest BCUT2D eigenvalue weighted by Gasteiger charge is 2.36. The van der Waals surface area contributed by atoms with Crippen LogP contribution in [0.2, 0.25) is 0 Å². The van der Waals surface area contributed by atoms with Crippen LogP contribution < -0.4 is 54.0 Å². The van der Waals surface area contributed by atoms with Gasteiger partial charge in [-0.3, -0.25) is 43.3 Å². The Kier molecular flexibility index (Phi) is 26.0. The fourth-order valence-corrected chi connectivity index (χ4v) is 8.77. The number of amides is 8. The molecule has 24 nitrogen and oxygen atoms in total. The number of aromatic nitrogens is 3. The van der Waals surface area contributed by atoms with E-state index in [2.05, 4.69) is 87.7 Å². The molecule has 78 heavy (non-hydrogen) atoms. The summed E-state index contributed by atoms with van der Waals surface area (Å²) >= 11 is 8.38. The molecule has 0 aliphatic heterocycles. The normalized spacial score (nSPS) is 14.5. The molecule has 4 aromatic rings. The van der Waals surface area contributed by atoms with Crippen LogP contribution in [0.1, 0.15) is 83.0 Å². The Hall–Kier alpha value is -7.61. The van der Waals surface area contributed by atoms with Gasteiger partial charge in [0, 0.05) is 73.2 Å². The van der Waals surface area contributed by atoms with Crippen LogP contribution in [0.4, 0.5) is 0 Å². The maximum Gasteiger partial charge on any atom is 0.327 e. The minimum Gasteiger partial charge on any atom is -0.480 e. The summed E-state index contributed by atoms with van der Waals surface area (Å²) in [5, 5.41) is 31.9. The third kappa shape index (κ3) is 20.1. The average Bonchev–Trinajstić information content (AvgIpc) is 4.10. The number of imidazole rings is 1. The van der Waals surface area contributed by atoms with E-state index in [4.69, 9.17) is 11.5 Å². The molecule has 2 aromatic heterocycles. The van der Waals surface area contributed by atoms with E-state index in [0.717, 1.165) is 17.3 Å². The first kappa shape index (κ1) is 62.9. The highest BCUT2D eigenvalue weighted by Crippen LogP contribution is 2.20. The summed E-state index contributed by atoms with van der Waals surface area (Å²) in [6.07, 6.45) is 6.28. The lowest BCUT2D eigenvalue weighted by Gasteiger charge is -2.29. The largest absolute Gasteiger partial charge is 0.480 e. The van der Waals surface area contributed by atoms with Gasteiger partial charge in [0.15, 0.2) is 5.96 Å². The lowest BCUT2D eigenvalue weighted by molar-refractivity contribution is -0.141. The van der Waals surface area contributed by atoms with E-state index in [1.54, 1.807) is 56.4 Å². The van der Waals surface area contributed by atoms with Gasteiger partial charge in [-0.25, -0.2) is 9.78 Å². The molecule has 26 heteroatoms. The molecular formula is C52H74N14O10S2. The molecule has 0 fully saturated rings. The number of para-hydroxylation sites is 1. The molecule has 2 heterocycles. The van der Waals surface area contributed by atoms with Gasteiger partial charge >= 0.3 is 5.97 Å². The van der Waals surface area contributed by atoms with Gasteiger partial charge in [0.05, 0.1) is 6.33 Å². The molecule has 4 rings (SSSR count). The van der Waals surface area contributed by atoms with E-state index >= 15 is 0 Å². The fraction of sp³-hybridized carbons (Fsp3) is 0.481. The Morgan fingerprint density at radius 3 is 1.73 bits per heavy atom. The van der Waals surface area contributed by atoms with Gasteiger partial charge in [-0.1, -0.05) is 88.6 Å². The van der Waals surface area contributed by atoms with Gasteiger partial charge in [0.1, 0.15) is 48.3 Å². The third-order valence-electron chi connectivity index (χ3n) is 12.8. The molecule has 0 aliphatic rings. The summed E-state index contributed by atoms with van der Waals surface area (Å²) in [7, 11) is 0. The van der Waals surface area contributed by atoms with Gasteiger partial charge < -0.3 is 69.1 Å². The smallest absolute Gasteiger partial charge is 0.327 e. The first-order valence-corrected chi connectivity index (χ1v) is 27.0. The second kappa shape index (κ2) is 32.2. The number of fused-ring (bicyclic) bond motifs is 1. The molecule has 0 saturated heterocycles. The number of benzene rings is 2. The van der Waals surface area contributed by atoms with Crippen molar-refractivity contribution in [2.24, 2.45) is 22.4 Å². The number of rotatable bonds is 33. The number of aliphatic imine (C=N–C) groups is 1. The van der Waals surface area contributed by atoms with Crippen molar-refractivity contribution in [3.8, 4) is 0 Å². The second-order valence-electron chi connectivity index (χ2n) is 18.8. The zero-order chi connectivity index (χ0) is 57.3. The maximum atomic E-state index is 14.7. The van der Waals surface area contributed by atoms with E-state index in [-0.39, 0.29) is 56.1 Å². The Balaban J connectivity index is 1.65. The van der Waals surface area contributed by atoms with E-state index in [1.807, 2.05) is 25.1 Å². The van der Waals surface area contributed by atoms with Gasteiger partial charge in [-0.05, 0) is 42.4 Å². The van der Waals surface area contributed by atoms with Crippen LogP contribution >= 0.6 is 25.3 Å². The van der Waals surface area contributed by atoms with Crippen molar-refractivity contribution < 1.29 is 48.3 Å². The number of H-pyrrole nitrogens is 2. The van der Waals surface area contributed by atoms with Crippen molar-refractivity contribution in [3.05, 3.63) is 90.1 Å². The number of carboxylic acids is 1. The standard InChI is InChI=1S/C52H74N14O10S2/c1-5-7-17-36(59-30(4)67)44(68)64-41(26-77)49(73)66-43(29(3)6-2)50(74)63-40(23-33-25-55-28-58-33)48(72)61-38(21-31-14-9-8-10-15-31)46(70)60-37(19-13-20-56-52(53)54)45(69)62-39(47(71)65-42(27-78)51(75)76)22-32-24-57-35-18-12-11-16-34(32)35/h8-12,14-16,18,24-25,28-29,36-43,57,77-78H,5-7,13,17,19-23,26-27H2,1-4H3,(H,55,58)(H,59,67)(H,60,70)(H,61,72)(H,62,69)(H,63,74)(H,64,68)(H,65,71)(H,66,73)(H,75,76)(H4,53,54,56)/t29-,36-,37-,38+,39-,40-,41-,42-,43+/m0/s1. The predicted molar refractivity (Wildman–Crippen MR) is 300 cm³/mol. The van der Waals surface area contributed by atoms with Crippen LogP contribution in [-0.2, 0) is 62.4 Å². The number of hydrogen-bond donors (Lipinski definition) is 15. The number of nitrogens with one attached hydrogen (secondary N) is 10. The summed E-state index contributed by atoms with van der Waals surface area (Å²) in [6.45, 7) is 6.77. The number of nitrogens with two attached hydrogens (primary N) is 2. The molecule has 0 unspecified atom stereocenters. The summed E-state index contributed by atoms with van der Waals surface area (Å²) in [5.41, 5.74) is 13.5. The Labute approximate surface area is 463 Å². The second-order valence-corrected chi connectivity index (χ2v) is 19.6. The maximum absolute atomic E-state index is 14.7. The highest BCUT2D eigenvalue weighted by molar-refractivity contribution is 7.80. The monoisotopic (exact) mass is 1120 g/mol. The Bertz CT molecular complexity index is 2670. The lowest BCUT2D eigenvalue weighted by Crippen LogP contribution is -2.61. The summed E-state index contributed by atoms with van der Waals surface area (Å²) in [6, 6.07) is 5.58. The number of nitrogens with zero attached hydrogens (tertiary/aromatic N) is 2. The van der Waals surface area contributed by atoms with Crippen molar-refractivity contribution in [3.63, 3.8) is 0 Å². The van der Waals surface area contributed by atoms with Crippen LogP contribution in [0, 0.1) is 5.92 Å². The fourth-order valence-electron chi connectivity index (χ4n) is 8.27. The molecule has 0 bridgehead atoms. The molecular weight excluding hydrogens is 1040 g/mol. The summed E-state index contributed by atoms with van der Waals surface area (Å²) < 4.78 is 0. The lowest BCUT2D eigenvalue weighted by atomic mass is 9.97. The molecule has 0 radical (unpaired) electrons. The Morgan fingerprint density at radius 2 is 1.15 bits per heavy atom. The average molecular weight is 1120 g/mol. The number of carbonyl (C=O) groups is 9. The minimum atomic E-state index is -1.41. The zero-order valence-corrected chi connectivity index (χ0v) is 46.0. The molecule has 15 N–H and O–H groups in total. The van der Waals surface area contributed by atoms with Crippen molar-refractivity contribution in [2.75, 3.05) is 18.1 Å². The van der Waals surface area contributed by atoms with Crippen LogP contribution in [0.25, 0.3) is 10.9 Å². The quantitative estimate of drug-likeness (QED) is 0.0130. The van der Waals surface area contributed by atoms with Gasteiger partial charge in [0.2, 0.25) is 47.3 Å². The molecule has 0 saturated carbocycles. The first-order valence-electron chi connectivity index (χ1n) is 25.7. The predicted octanol–water partition coefficient (Wildman–Crippen LogP) is 0.0513. The van der Waals surface area contributed by atoms with Crippen molar-refractivity contribution >= 4 is 95.3 Å². The van der Waals surface area contributed by atoms with E-state index < -0.39 is 107 Å². The number of thiol groups is 2. The zero-order valence-electron chi connectivity index (χ0n) is 44.2. The SMILES string of the molecule is CCCC[C@H](NC(C)=O)C(=O)N[C@@H](CS)C(=O)N[C@@H](C(=O)N[C@@H](Cc1cnc[nH]1)C(=O)N[C@H](Cc1ccccc1)C(=O)N[C@@H](CCCN=C(N)N)C(=O)N[C@@H](Cc1c[nH]c2ccccc12)C(=O)N[C@@H](CS)C(=O)O)[C@@H](C)CC. The number of guanidine groups is 1. The molecule has 424 valence electrons. The van der Waals surface area contributed by atoms with Gasteiger partial charge in [-0.15, -0.1) is 0 Å². The summed E-state index contributed by atoms with van der Waals surface area (Å²) in [5.74, 6) is -8.36. The topological polar surface area (TPSA) is 379 Å². The summed E-state index contributed by atoms with van der Waals surface area (Å²) in [4.78, 5) is 137. The minimum absolute atomic E-state index is 0.0444. The molecule has 8 amide bonds. The van der Waals surface area contributed by atoms with E-state index in [1.165, 1.54) is 19.4 Å². The number of aliphatic carboxylic acids is 1. The highest BCUT2D eigenvalue weighted by atomic mass is 32.1. The molecule has 0 aliphatic carbocycles. The van der Waals surface area contributed by atoms with Crippen molar-refractivity contribution in [2.45, 2.75) is 134 Å². The van der Waals surface area contributed by atoms with Crippen molar-refractivity contribution in [1.82, 2.24) is 57.5 Å². The van der Waals surface area contributed by atoms with E-state index in [0.29, 0.717) is 36.1 Å².